The fourth-order valence-electron chi connectivity index (χ4n) is 3.85. The van der Waals surface area contributed by atoms with Crippen LogP contribution < -0.4 is 10.6 Å². The van der Waals surface area contributed by atoms with Gasteiger partial charge in [-0.15, -0.1) is 0 Å². The Labute approximate surface area is 195 Å². The van der Waals surface area contributed by atoms with E-state index in [1.165, 1.54) is 22.9 Å². The fraction of sp³-hybridized carbons (Fsp3) is 0.120. The van der Waals surface area contributed by atoms with Crippen molar-refractivity contribution < 1.29 is 20.7 Å². The van der Waals surface area contributed by atoms with E-state index in [2.05, 4.69) is 20.6 Å². The quantitative estimate of drug-likeness (QED) is 0.282. The van der Waals surface area contributed by atoms with Crippen LogP contribution >= 0.6 is 0 Å². The highest BCUT2D eigenvalue weighted by atomic mass is 19.4. The van der Waals surface area contributed by atoms with Crippen molar-refractivity contribution in [2.45, 2.75) is 19.6 Å². The molecule has 9 heteroatoms. The number of carbonyl (C=O) groups is 1. The number of aryl methyl sites for hydroxylation is 1. The number of hydrogen-bond acceptors (Lipinski definition) is 2. The minimum absolute atomic E-state index is 0.322. The summed E-state index contributed by atoms with van der Waals surface area (Å²) >= 11 is 0. The molecule has 3 heterocycles. The van der Waals surface area contributed by atoms with Crippen molar-refractivity contribution in [3.05, 3.63) is 89.9 Å². The Kier molecular flexibility index (Phi) is 4.67. The predicted molar refractivity (Wildman–Crippen MR) is 126 cm³/mol. The van der Waals surface area contributed by atoms with Gasteiger partial charge in [-0.3, -0.25) is 0 Å². The Morgan fingerprint density at radius 1 is 1.09 bits per heavy atom. The van der Waals surface area contributed by atoms with E-state index in [4.69, 9.17) is 2.74 Å². The number of urea groups is 1. The summed E-state index contributed by atoms with van der Waals surface area (Å²) in [5.41, 5.74) is 1.03. The van der Waals surface area contributed by atoms with Crippen LogP contribution in [0.5, 0.6) is 0 Å². The van der Waals surface area contributed by atoms with E-state index in [0.29, 0.717) is 38.8 Å². The summed E-state index contributed by atoms with van der Waals surface area (Å²) < 4.78 is 59.3. The summed E-state index contributed by atoms with van der Waals surface area (Å²) in [7, 11) is 0. The monoisotopic (exact) mass is 465 g/mol. The summed E-state index contributed by atoms with van der Waals surface area (Å²) in [6.07, 6.45) is 0.144. The van der Waals surface area contributed by atoms with Gasteiger partial charge in [-0.25, -0.2) is 9.78 Å². The van der Waals surface area contributed by atoms with Crippen molar-refractivity contribution in [3.8, 4) is 0 Å². The Bertz CT molecular complexity index is 1610. The molecular weight excluding hydrogens is 443 g/mol. The number of H-pyrrole nitrogens is 1. The first-order chi connectivity index (χ1) is 17.1. The molecule has 0 saturated carbocycles. The Hall–Kier alpha value is -4.27. The van der Waals surface area contributed by atoms with Gasteiger partial charge in [0.25, 0.3) is 0 Å². The van der Waals surface area contributed by atoms with Gasteiger partial charge in [0.15, 0.2) is 0 Å². The van der Waals surface area contributed by atoms with E-state index < -0.39 is 24.3 Å². The lowest BCUT2D eigenvalue weighted by molar-refractivity contribution is -0.136. The third-order valence-electron chi connectivity index (χ3n) is 5.41. The second-order valence-corrected chi connectivity index (χ2v) is 7.76. The van der Waals surface area contributed by atoms with Crippen LogP contribution in [0.4, 0.5) is 29.3 Å². The molecule has 0 aliphatic rings. The van der Waals surface area contributed by atoms with Gasteiger partial charge in [-0.2, -0.15) is 13.2 Å². The molecule has 3 aromatic heterocycles. The van der Waals surface area contributed by atoms with E-state index in [1.54, 1.807) is 55.7 Å². The van der Waals surface area contributed by atoms with Crippen LogP contribution in [0.3, 0.4) is 0 Å². The first kappa shape index (κ1) is 19.2. The molecule has 6 nitrogen and oxygen atoms in total. The number of carbonyl (C=O) groups excluding carboxylic acids is 1. The smallest absolute Gasteiger partial charge is 0.346 e. The maximum Gasteiger partial charge on any atom is 0.418 e. The summed E-state index contributed by atoms with van der Waals surface area (Å²) in [5.74, 6) is 0. The van der Waals surface area contributed by atoms with Gasteiger partial charge < -0.3 is 20.2 Å². The molecule has 0 radical (unpaired) electrons. The van der Waals surface area contributed by atoms with Crippen molar-refractivity contribution >= 4 is 39.3 Å². The van der Waals surface area contributed by atoms with E-state index >= 15 is 0 Å². The van der Waals surface area contributed by atoms with Gasteiger partial charge in [-0.1, -0.05) is 12.1 Å². The lowest BCUT2D eigenvalue weighted by Crippen LogP contribution is -2.22. The molecule has 0 aliphatic heterocycles. The van der Waals surface area contributed by atoms with Crippen LogP contribution in [0.25, 0.3) is 21.9 Å². The zero-order valence-corrected chi connectivity index (χ0v) is 17.9. The number of anilines is 2. The molecule has 5 rings (SSSR count). The number of rotatable bonds is 4. The number of pyridine rings is 1. The van der Waals surface area contributed by atoms with Crippen molar-refractivity contribution in [1.82, 2.24) is 14.5 Å². The number of amides is 2. The molecule has 0 saturated heterocycles. The van der Waals surface area contributed by atoms with Crippen LogP contribution in [0.1, 0.15) is 19.4 Å². The first-order valence-corrected chi connectivity index (χ1v) is 10.3. The van der Waals surface area contributed by atoms with Crippen molar-refractivity contribution in [2.24, 2.45) is 0 Å². The highest BCUT2D eigenvalue weighted by molar-refractivity contribution is 6.06. The second kappa shape index (κ2) is 8.26. The SMILES string of the molecule is [2H]C([2H])(c1ccnc2[nH]ccc12)n1ccc2c(NC(=O)Nc3cc(C)ccc3C(F)(F)F)cccc21. The minimum Gasteiger partial charge on any atom is -0.346 e. The van der Waals surface area contributed by atoms with Crippen LogP contribution in [0.2, 0.25) is 0 Å². The zero-order chi connectivity index (χ0) is 25.7. The van der Waals surface area contributed by atoms with E-state index in [0.717, 1.165) is 6.07 Å². The maximum absolute atomic E-state index is 13.4. The average Bonchev–Trinajstić information content (AvgIpc) is 3.46. The third-order valence-corrected chi connectivity index (χ3v) is 5.41. The van der Waals surface area contributed by atoms with Crippen molar-refractivity contribution in [1.29, 1.82) is 0 Å². The number of aromatic amines is 1. The molecule has 0 unspecified atom stereocenters. The van der Waals surface area contributed by atoms with Gasteiger partial charge in [-0.05, 0) is 60.5 Å². The number of aromatic nitrogens is 3. The van der Waals surface area contributed by atoms with Gasteiger partial charge in [0.1, 0.15) is 5.65 Å². The molecule has 172 valence electrons. The van der Waals surface area contributed by atoms with Crippen molar-refractivity contribution in [2.75, 3.05) is 10.6 Å². The van der Waals surface area contributed by atoms with E-state index in [9.17, 15) is 18.0 Å². The molecule has 0 fully saturated rings. The third kappa shape index (κ3) is 4.07. The lowest BCUT2D eigenvalue weighted by atomic mass is 10.1. The molecule has 2 aromatic carbocycles. The summed E-state index contributed by atoms with van der Waals surface area (Å²) in [5, 5.41) is 6.04. The summed E-state index contributed by atoms with van der Waals surface area (Å²) in [6.45, 7) is -0.333. The molecule has 2 amide bonds. The normalized spacial score (nSPS) is 13.1. The lowest BCUT2D eigenvalue weighted by Gasteiger charge is -2.15. The number of hydrogen-bond donors (Lipinski definition) is 3. The highest BCUT2D eigenvalue weighted by Crippen LogP contribution is 2.35. The Morgan fingerprint density at radius 3 is 2.74 bits per heavy atom. The van der Waals surface area contributed by atoms with Gasteiger partial charge in [0.05, 0.1) is 25.2 Å². The largest absolute Gasteiger partial charge is 0.418 e. The summed E-state index contributed by atoms with van der Waals surface area (Å²) in [4.78, 5) is 19.9. The molecule has 0 aliphatic carbocycles. The van der Waals surface area contributed by atoms with Crippen LogP contribution in [-0.2, 0) is 12.7 Å². The average molecular weight is 465 g/mol. The number of nitrogens with one attached hydrogen (secondary N) is 3. The maximum atomic E-state index is 13.4. The molecule has 0 bridgehead atoms. The van der Waals surface area contributed by atoms with E-state index in [1.807, 2.05) is 0 Å². The predicted octanol–water partition coefficient (Wildman–Crippen LogP) is 6.54. The van der Waals surface area contributed by atoms with Crippen LogP contribution in [-0.4, -0.2) is 20.6 Å². The van der Waals surface area contributed by atoms with Gasteiger partial charge >= 0.3 is 12.2 Å². The fourth-order valence-corrected chi connectivity index (χ4v) is 3.85. The van der Waals surface area contributed by atoms with E-state index in [-0.39, 0.29) is 5.69 Å². The zero-order valence-electron chi connectivity index (χ0n) is 19.9. The highest BCUT2D eigenvalue weighted by Gasteiger charge is 2.33. The number of alkyl halides is 3. The molecule has 0 atom stereocenters. The van der Waals surface area contributed by atoms with Crippen molar-refractivity contribution in [3.63, 3.8) is 0 Å². The Morgan fingerprint density at radius 2 is 1.91 bits per heavy atom. The molecule has 0 spiro atoms. The topological polar surface area (TPSA) is 74.7 Å². The van der Waals surface area contributed by atoms with Crippen LogP contribution in [0, 0.1) is 6.92 Å². The Balaban J connectivity index is 1.47. The number of fused-ring (bicyclic) bond motifs is 2. The number of halogens is 3. The number of benzene rings is 2. The molecule has 3 N–H and O–H groups in total. The number of nitrogens with zero attached hydrogens (tertiary/aromatic N) is 2. The van der Waals surface area contributed by atoms with Gasteiger partial charge in [0.2, 0.25) is 0 Å². The summed E-state index contributed by atoms with van der Waals surface area (Å²) in [6, 6.07) is 12.6. The van der Waals surface area contributed by atoms with Gasteiger partial charge in [0, 0.05) is 35.9 Å². The first-order valence-electron chi connectivity index (χ1n) is 11.3. The minimum atomic E-state index is -4.63. The molecule has 34 heavy (non-hydrogen) atoms. The molecular formula is C25H20F3N5O. The van der Waals surface area contributed by atoms with Crippen LogP contribution in [0.15, 0.2) is 73.2 Å². The molecule has 5 aromatic rings. The second-order valence-electron chi connectivity index (χ2n) is 7.76. The standard InChI is InChI=1S/C25H20F3N5O/c1-15-5-6-19(25(26,27)28)21(13-15)32-24(34)31-20-3-2-4-22-18(20)9-12-33(22)14-16-7-10-29-23-17(16)8-11-30-23/h2-13H,14H2,1H3,(H,29,30)(H2,31,32,34)/i14D2.